The van der Waals surface area contributed by atoms with Crippen molar-refractivity contribution in [2.75, 3.05) is 39.1 Å². The molecule has 0 unspecified atom stereocenters. The molecule has 7 heteroatoms. The third kappa shape index (κ3) is 9.56. The molecule has 0 heterocycles. The lowest BCUT2D eigenvalue weighted by Gasteiger charge is -2.36. The maximum Gasteiger partial charge on any atom is 0.173 e. The fraction of sp³-hybridized carbons (Fsp3) is 0.625. The normalized spacial score (nSPS) is 18.7. The molecule has 1 aliphatic rings. The van der Waals surface area contributed by atoms with Crippen molar-refractivity contribution in [1.82, 2.24) is 9.80 Å². The molecule has 0 amide bonds. The van der Waals surface area contributed by atoms with E-state index in [4.69, 9.17) is 17.0 Å². The van der Waals surface area contributed by atoms with Gasteiger partial charge in [0.25, 0.3) is 0 Å². The Morgan fingerprint density at radius 1 is 1.23 bits per heavy atom. The van der Waals surface area contributed by atoms with E-state index in [1.807, 2.05) is 13.1 Å². The smallest absolute Gasteiger partial charge is 0.173 e. The van der Waals surface area contributed by atoms with Crippen LogP contribution in [0.25, 0.3) is 0 Å². The number of halogens is 2. The molecular formula is C24H37BrFN3OS. The lowest BCUT2D eigenvalue weighted by Crippen LogP contribution is -2.42. The van der Waals surface area contributed by atoms with Gasteiger partial charge in [-0.25, -0.2) is 4.39 Å². The van der Waals surface area contributed by atoms with Crippen molar-refractivity contribution in [2.45, 2.75) is 63.5 Å². The summed E-state index contributed by atoms with van der Waals surface area (Å²) in [5, 5.41) is 3.89. The van der Waals surface area contributed by atoms with Gasteiger partial charge in [-0.3, -0.25) is 0 Å². The van der Waals surface area contributed by atoms with Gasteiger partial charge in [-0.05, 0) is 98.5 Å². The highest BCUT2D eigenvalue weighted by molar-refractivity contribution is 9.10. The molecule has 0 spiro atoms. The van der Waals surface area contributed by atoms with E-state index in [-0.39, 0.29) is 5.82 Å². The number of nitrogens with one attached hydrogen (secondary N) is 1. The van der Waals surface area contributed by atoms with Gasteiger partial charge in [0.1, 0.15) is 5.82 Å². The Hall–Kier alpha value is -1.02. The summed E-state index contributed by atoms with van der Waals surface area (Å²) in [5.74, 6) is -0.272. The first-order valence-corrected chi connectivity index (χ1v) is 12.5. The van der Waals surface area contributed by atoms with Crippen molar-refractivity contribution in [2.24, 2.45) is 0 Å². The quantitative estimate of drug-likeness (QED) is 0.203. The predicted octanol–water partition coefficient (Wildman–Crippen LogP) is 6.22. The Labute approximate surface area is 201 Å². The molecule has 0 radical (unpaired) electrons. The fourth-order valence-corrected chi connectivity index (χ4v) is 4.67. The number of unbranched alkanes of at least 4 members (excludes halogenated alkanes) is 3. The van der Waals surface area contributed by atoms with Gasteiger partial charge in [-0.1, -0.05) is 18.9 Å². The molecule has 174 valence electrons. The van der Waals surface area contributed by atoms with E-state index < -0.39 is 0 Å². The van der Waals surface area contributed by atoms with E-state index in [2.05, 4.69) is 44.7 Å². The van der Waals surface area contributed by atoms with Crippen molar-refractivity contribution in [3.8, 4) is 0 Å². The van der Waals surface area contributed by atoms with Gasteiger partial charge >= 0.3 is 0 Å². The SMILES string of the molecule is C=CCN(C)CCCCCCO[C@H]1CC[C@H](N(C)C(=S)Nc2ccc(F)cc2Br)CC1. The topological polar surface area (TPSA) is 27.7 Å². The van der Waals surface area contributed by atoms with Crippen LogP contribution in [0.1, 0.15) is 51.4 Å². The molecule has 4 nitrogen and oxygen atoms in total. The summed E-state index contributed by atoms with van der Waals surface area (Å²) in [5.41, 5.74) is 0.780. The first kappa shape index (κ1) is 26.2. The molecule has 31 heavy (non-hydrogen) atoms. The zero-order valence-corrected chi connectivity index (χ0v) is 21.3. The Bertz CT molecular complexity index is 697. The molecular weight excluding hydrogens is 477 g/mol. The Morgan fingerprint density at radius 3 is 2.61 bits per heavy atom. The number of likely N-dealkylation sites (N-methyl/N-ethyl adjacent to an activating group) is 1. The summed E-state index contributed by atoms with van der Waals surface area (Å²) >= 11 is 8.96. The van der Waals surface area contributed by atoms with Crippen molar-refractivity contribution >= 4 is 38.9 Å². The van der Waals surface area contributed by atoms with Crippen LogP contribution < -0.4 is 5.32 Å². The van der Waals surface area contributed by atoms with Crippen LogP contribution in [-0.4, -0.2) is 60.8 Å². The molecule has 2 rings (SSSR count). The van der Waals surface area contributed by atoms with Crippen LogP contribution in [0.5, 0.6) is 0 Å². The van der Waals surface area contributed by atoms with Gasteiger partial charge in [0, 0.05) is 30.7 Å². The molecule has 1 saturated carbocycles. The molecule has 1 N–H and O–H groups in total. The Balaban J connectivity index is 1.59. The maximum absolute atomic E-state index is 13.3. The summed E-state index contributed by atoms with van der Waals surface area (Å²) < 4.78 is 20.1. The molecule has 0 bridgehead atoms. The van der Waals surface area contributed by atoms with Crippen molar-refractivity contribution in [3.05, 3.63) is 41.1 Å². The van der Waals surface area contributed by atoms with Crippen LogP contribution in [0.2, 0.25) is 0 Å². The molecule has 1 aromatic carbocycles. The molecule has 0 saturated heterocycles. The van der Waals surface area contributed by atoms with Crippen LogP contribution >= 0.6 is 28.1 Å². The summed E-state index contributed by atoms with van der Waals surface area (Å²) in [6.07, 6.45) is 11.5. The average molecular weight is 515 g/mol. The number of hydrogen-bond donors (Lipinski definition) is 1. The zero-order chi connectivity index (χ0) is 22.6. The van der Waals surface area contributed by atoms with Gasteiger partial charge in [0.15, 0.2) is 5.11 Å². The number of ether oxygens (including phenoxy) is 1. The molecule has 1 fully saturated rings. The van der Waals surface area contributed by atoms with Crippen molar-refractivity contribution in [3.63, 3.8) is 0 Å². The van der Waals surface area contributed by atoms with E-state index in [9.17, 15) is 4.39 Å². The second kappa shape index (κ2) is 14.2. The Morgan fingerprint density at radius 2 is 1.94 bits per heavy atom. The summed E-state index contributed by atoms with van der Waals surface area (Å²) in [4.78, 5) is 4.43. The number of nitrogens with zero attached hydrogens (tertiary/aromatic N) is 2. The average Bonchev–Trinajstić information content (AvgIpc) is 2.75. The van der Waals surface area contributed by atoms with Gasteiger partial charge < -0.3 is 19.9 Å². The minimum absolute atomic E-state index is 0.272. The molecule has 0 aromatic heterocycles. The maximum atomic E-state index is 13.3. The summed E-state index contributed by atoms with van der Waals surface area (Å²) in [6.45, 7) is 6.74. The van der Waals surface area contributed by atoms with E-state index in [1.54, 1.807) is 6.07 Å². The largest absolute Gasteiger partial charge is 0.378 e. The van der Waals surface area contributed by atoms with Crippen LogP contribution in [-0.2, 0) is 4.74 Å². The van der Waals surface area contributed by atoms with Crippen molar-refractivity contribution in [1.29, 1.82) is 0 Å². The zero-order valence-electron chi connectivity index (χ0n) is 18.9. The third-order valence-electron chi connectivity index (χ3n) is 5.91. The second-order valence-electron chi connectivity index (χ2n) is 8.43. The Kier molecular flexibility index (Phi) is 12.0. The number of hydrogen-bond acceptors (Lipinski definition) is 3. The van der Waals surface area contributed by atoms with Gasteiger partial charge in [-0.2, -0.15) is 0 Å². The number of anilines is 1. The summed E-state index contributed by atoms with van der Waals surface area (Å²) in [7, 11) is 4.17. The number of rotatable bonds is 12. The first-order chi connectivity index (χ1) is 14.9. The van der Waals surface area contributed by atoms with Crippen LogP contribution in [0.3, 0.4) is 0 Å². The fourth-order valence-electron chi connectivity index (χ4n) is 3.96. The van der Waals surface area contributed by atoms with E-state index in [0.29, 0.717) is 21.7 Å². The van der Waals surface area contributed by atoms with E-state index in [1.165, 1.54) is 31.4 Å². The van der Waals surface area contributed by atoms with Crippen LogP contribution in [0.15, 0.2) is 35.3 Å². The van der Waals surface area contributed by atoms with Crippen LogP contribution in [0, 0.1) is 5.82 Å². The molecule has 0 aliphatic heterocycles. The van der Waals surface area contributed by atoms with Gasteiger partial charge in [0.2, 0.25) is 0 Å². The monoisotopic (exact) mass is 513 g/mol. The highest BCUT2D eigenvalue weighted by Gasteiger charge is 2.25. The minimum atomic E-state index is -0.272. The third-order valence-corrected chi connectivity index (χ3v) is 6.96. The number of benzene rings is 1. The highest BCUT2D eigenvalue weighted by atomic mass is 79.9. The van der Waals surface area contributed by atoms with E-state index >= 15 is 0 Å². The first-order valence-electron chi connectivity index (χ1n) is 11.3. The molecule has 0 atom stereocenters. The minimum Gasteiger partial charge on any atom is -0.378 e. The highest BCUT2D eigenvalue weighted by Crippen LogP contribution is 2.27. The van der Waals surface area contributed by atoms with Crippen molar-refractivity contribution < 1.29 is 9.13 Å². The predicted molar refractivity (Wildman–Crippen MR) is 136 cm³/mol. The number of thiocarbonyl (C=S) groups is 1. The lowest BCUT2D eigenvalue weighted by molar-refractivity contribution is 0.0149. The molecule has 1 aliphatic carbocycles. The summed E-state index contributed by atoms with van der Waals surface area (Å²) in [6, 6.07) is 4.98. The molecule has 1 aromatic rings. The second-order valence-corrected chi connectivity index (χ2v) is 9.67. The lowest BCUT2D eigenvalue weighted by atomic mass is 9.92. The van der Waals surface area contributed by atoms with E-state index in [0.717, 1.165) is 57.5 Å². The van der Waals surface area contributed by atoms with Gasteiger partial charge in [-0.15, -0.1) is 6.58 Å². The van der Waals surface area contributed by atoms with Gasteiger partial charge in [0.05, 0.1) is 11.8 Å². The standard InChI is InChI=1S/C24H37BrFN3OS/c1-4-15-28(2)16-7-5-6-8-17-30-21-12-10-20(11-13-21)29(3)24(31)27-23-14-9-19(26)18-22(23)25/h4,9,14,18,20-21H,1,5-8,10-13,15-17H2,2-3H3,(H,27,31)/t20-,21-. The van der Waals surface area contributed by atoms with Crippen LogP contribution in [0.4, 0.5) is 10.1 Å².